The summed E-state index contributed by atoms with van der Waals surface area (Å²) in [4.78, 5) is 21.7. The molecule has 0 saturated carbocycles. The largest absolute Gasteiger partial charge is 0.383 e. The van der Waals surface area contributed by atoms with Crippen LogP contribution in [0.4, 0.5) is 5.82 Å². The van der Waals surface area contributed by atoms with Gasteiger partial charge in [0.2, 0.25) is 5.91 Å². The van der Waals surface area contributed by atoms with E-state index in [0.717, 1.165) is 0 Å². The topological polar surface area (TPSA) is 67.3 Å². The van der Waals surface area contributed by atoms with Gasteiger partial charge in [-0.3, -0.25) is 4.79 Å². The van der Waals surface area contributed by atoms with Gasteiger partial charge >= 0.3 is 0 Å². The van der Waals surface area contributed by atoms with Crippen molar-refractivity contribution in [3.05, 3.63) is 11.2 Å². The summed E-state index contributed by atoms with van der Waals surface area (Å²) < 4.78 is 4.86. The Hall–Kier alpha value is -1.05. The number of methoxy groups -OCH3 is 1. The Morgan fingerprint density at radius 2 is 2.32 bits per heavy atom. The molecule has 8 heteroatoms. The van der Waals surface area contributed by atoms with Gasteiger partial charge < -0.3 is 15.0 Å². The normalized spacial score (nSPS) is 10.3. The summed E-state index contributed by atoms with van der Waals surface area (Å²) in [7, 11) is 3.36. The van der Waals surface area contributed by atoms with Crippen molar-refractivity contribution in [2.24, 2.45) is 0 Å². The number of hydrogen-bond acceptors (Lipinski definition) is 6. The molecule has 1 rings (SSSR count). The molecule has 0 bridgehead atoms. The second kappa shape index (κ2) is 8.19. The highest BCUT2D eigenvalue weighted by Crippen LogP contribution is 2.19. The van der Waals surface area contributed by atoms with E-state index in [1.165, 1.54) is 11.8 Å². The molecule has 0 atom stereocenters. The summed E-state index contributed by atoms with van der Waals surface area (Å²) in [5, 5.41) is 3.68. The maximum absolute atomic E-state index is 11.7. The van der Waals surface area contributed by atoms with E-state index in [2.05, 4.69) is 15.3 Å². The fourth-order valence-electron chi connectivity index (χ4n) is 1.32. The molecule has 0 spiro atoms. The van der Waals surface area contributed by atoms with E-state index in [0.29, 0.717) is 29.3 Å². The quantitative estimate of drug-likeness (QED) is 0.351. The van der Waals surface area contributed by atoms with Crippen molar-refractivity contribution >= 4 is 35.1 Å². The van der Waals surface area contributed by atoms with Crippen LogP contribution in [0.15, 0.2) is 11.2 Å². The van der Waals surface area contributed by atoms with Crippen molar-refractivity contribution in [1.82, 2.24) is 15.3 Å². The number of ether oxygens (including phenoxy) is 1. The molecule has 0 radical (unpaired) electrons. The molecule has 0 saturated heterocycles. The maximum atomic E-state index is 11.7. The average Bonchev–Trinajstić information content (AvgIpc) is 2.38. The van der Waals surface area contributed by atoms with E-state index < -0.39 is 0 Å². The van der Waals surface area contributed by atoms with Crippen molar-refractivity contribution in [3.8, 4) is 0 Å². The van der Waals surface area contributed by atoms with E-state index in [1.54, 1.807) is 25.1 Å². The summed E-state index contributed by atoms with van der Waals surface area (Å²) >= 11 is 7.30. The van der Waals surface area contributed by atoms with Crippen LogP contribution in [0.2, 0.25) is 5.15 Å². The van der Waals surface area contributed by atoms with Crippen molar-refractivity contribution in [1.29, 1.82) is 0 Å². The van der Waals surface area contributed by atoms with Gasteiger partial charge in [0, 0.05) is 26.8 Å². The van der Waals surface area contributed by atoms with Gasteiger partial charge in [0.15, 0.2) is 5.16 Å². The fraction of sp³-hybridized carbons (Fsp3) is 0.545. The highest BCUT2D eigenvalue weighted by molar-refractivity contribution is 7.98. The zero-order valence-electron chi connectivity index (χ0n) is 11.1. The number of halogens is 1. The van der Waals surface area contributed by atoms with Crippen molar-refractivity contribution in [3.63, 3.8) is 0 Å². The lowest BCUT2D eigenvalue weighted by Gasteiger charge is -2.18. The van der Waals surface area contributed by atoms with E-state index in [9.17, 15) is 4.79 Å². The monoisotopic (exact) mass is 304 g/mol. The first kappa shape index (κ1) is 16.0. The summed E-state index contributed by atoms with van der Waals surface area (Å²) in [5.74, 6) is 0.520. The lowest BCUT2D eigenvalue weighted by atomic mass is 10.4. The molecule has 0 fully saturated rings. The van der Waals surface area contributed by atoms with Gasteiger partial charge in [0.25, 0.3) is 0 Å². The van der Waals surface area contributed by atoms with Gasteiger partial charge in [-0.1, -0.05) is 23.4 Å². The first-order valence-electron chi connectivity index (χ1n) is 5.62. The minimum absolute atomic E-state index is 0.0972. The molecule has 1 aromatic rings. The van der Waals surface area contributed by atoms with Crippen LogP contribution in [0.3, 0.4) is 0 Å². The Morgan fingerprint density at radius 3 is 2.95 bits per heavy atom. The van der Waals surface area contributed by atoms with E-state index in [4.69, 9.17) is 16.3 Å². The van der Waals surface area contributed by atoms with Crippen LogP contribution >= 0.6 is 23.4 Å². The number of hydrogen-bond donors (Lipinski definition) is 1. The number of amides is 1. The molecule has 0 unspecified atom stereocenters. The van der Waals surface area contributed by atoms with Crippen LogP contribution in [-0.2, 0) is 9.53 Å². The zero-order chi connectivity index (χ0) is 14.3. The minimum Gasteiger partial charge on any atom is -0.383 e. The third-order valence-corrected chi connectivity index (χ3v) is 2.98. The summed E-state index contributed by atoms with van der Waals surface area (Å²) in [6.07, 6.45) is 1.87. The molecular weight excluding hydrogens is 288 g/mol. The molecule has 0 aliphatic rings. The van der Waals surface area contributed by atoms with E-state index in [1.807, 2.05) is 6.26 Å². The van der Waals surface area contributed by atoms with Gasteiger partial charge in [-0.25, -0.2) is 9.97 Å². The maximum Gasteiger partial charge on any atom is 0.239 e. The Balaban J connectivity index is 2.59. The third kappa shape index (κ3) is 5.63. The lowest BCUT2D eigenvalue weighted by Crippen LogP contribution is -2.37. The Bertz CT molecular complexity index is 433. The molecule has 6 nitrogen and oxygen atoms in total. The third-order valence-electron chi connectivity index (χ3n) is 2.24. The smallest absolute Gasteiger partial charge is 0.239 e. The van der Waals surface area contributed by atoms with E-state index >= 15 is 0 Å². The van der Waals surface area contributed by atoms with Crippen LogP contribution in [0.25, 0.3) is 0 Å². The number of nitrogens with zero attached hydrogens (tertiary/aromatic N) is 3. The number of nitrogens with one attached hydrogen (secondary N) is 1. The molecule has 19 heavy (non-hydrogen) atoms. The lowest BCUT2D eigenvalue weighted by molar-refractivity contribution is -0.119. The summed E-state index contributed by atoms with van der Waals surface area (Å²) in [5.41, 5.74) is 0. The number of carbonyl (C=O) groups is 1. The van der Waals surface area contributed by atoms with Crippen LogP contribution in [0.5, 0.6) is 0 Å². The number of carbonyl (C=O) groups excluding carboxylic acids is 1. The van der Waals surface area contributed by atoms with Gasteiger partial charge in [-0.2, -0.15) is 0 Å². The van der Waals surface area contributed by atoms with Gasteiger partial charge in [-0.05, 0) is 6.26 Å². The molecule has 1 heterocycles. The standard InChI is InChI=1S/C11H17ClN4O2S/c1-16(7-10(17)13-4-5-18-2)9-6-8(12)14-11(15-9)19-3/h6H,4-5,7H2,1-3H3,(H,13,17). The Labute approximate surface area is 121 Å². The Kier molecular flexibility index (Phi) is 6.90. The molecule has 1 N–H and O–H groups in total. The molecule has 1 amide bonds. The summed E-state index contributed by atoms with van der Waals surface area (Å²) in [6, 6.07) is 1.63. The second-order valence-electron chi connectivity index (χ2n) is 3.73. The van der Waals surface area contributed by atoms with Gasteiger partial charge in [0.05, 0.1) is 13.2 Å². The number of thioether (sulfide) groups is 1. The highest BCUT2D eigenvalue weighted by Gasteiger charge is 2.10. The van der Waals surface area contributed by atoms with Crippen LogP contribution < -0.4 is 10.2 Å². The number of rotatable bonds is 7. The zero-order valence-corrected chi connectivity index (χ0v) is 12.7. The Morgan fingerprint density at radius 1 is 1.58 bits per heavy atom. The van der Waals surface area contributed by atoms with E-state index in [-0.39, 0.29) is 12.5 Å². The highest BCUT2D eigenvalue weighted by atomic mass is 35.5. The van der Waals surface area contributed by atoms with Gasteiger partial charge in [0.1, 0.15) is 11.0 Å². The minimum atomic E-state index is -0.0972. The molecule has 0 aromatic carbocycles. The molecule has 1 aromatic heterocycles. The van der Waals surface area contributed by atoms with Crippen molar-refractivity contribution < 1.29 is 9.53 Å². The van der Waals surface area contributed by atoms with Gasteiger partial charge in [-0.15, -0.1) is 0 Å². The number of anilines is 1. The van der Waals surface area contributed by atoms with Crippen LogP contribution in [0, 0.1) is 0 Å². The van der Waals surface area contributed by atoms with Crippen LogP contribution in [-0.4, -0.2) is 56.0 Å². The molecule has 0 aliphatic carbocycles. The predicted octanol–water partition coefficient (Wildman–Crippen LogP) is 1.05. The molecule has 106 valence electrons. The SMILES string of the molecule is COCCNC(=O)CN(C)c1cc(Cl)nc(SC)n1. The average molecular weight is 305 g/mol. The number of aromatic nitrogens is 2. The number of likely N-dealkylation sites (N-methyl/N-ethyl adjacent to an activating group) is 1. The predicted molar refractivity (Wildman–Crippen MR) is 77.0 cm³/mol. The van der Waals surface area contributed by atoms with Crippen molar-refractivity contribution in [2.75, 3.05) is 45.0 Å². The van der Waals surface area contributed by atoms with Crippen molar-refractivity contribution in [2.45, 2.75) is 5.16 Å². The van der Waals surface area contributed by atoms with Crippen LogP contribution in [0.1, 0.15) is 0 Å². The molecule has 0 aliphatic heterocycles. The second-order valence-corrected chi connectivity index (χ2v) is 4.90. The first-order chi connectivity index (χ1) is 9.06. The first-order valence-corrected chi connectivity index (χ1v) is 7.22. The fourth-order valence-corrected chi connectivity index (χ4v) is 1.92. The molecular formula is C11H17ClN4O2S. The summed E-state index contributed by atoms with van der Waals surface area (Å²) in [6.45, 7) is 1.18.